The average Bonchev–Trinajstić information content (AvgIpc) is 2.77. The third kappa shape index (κ3) is 3.98. The van der Waals surface area contributed by atoms with Gasteiger partial charge in [-0.3, -0.25) is 0 Å². The Hall–Kier alpha value is -1.14. The number of esters is 1. The predicted molar refractivity (Wildman–Crippen MR) is 67.6 cm³/mol. The molecule has 0 aromatic carbocycles. The summed E-state index contributed by atoms with van der Waals surface area (Å²) in [7, 11) is 1.66. The lowest BCUT2D eigenvalue weighted by molar-refractivity contribution is 0.0521. The molecule has 96 valence electrons. The molecule has 1 aromatic heterocycles. The standard InChI is InChI=1S/C11H18N2O3S/c1-4-8(6-15-3)13-10-9(12-7-17-10)11(14)16-5-2/h7-8,13H,4-6H2,1-3H3. The van der Waals surface area contributed by atoms with Crippen LogP contribution in [0, 0.1) is 0 Å². The van der Waals surface area contributed by atoms with E-state index in [1.165, 1.54) is 11.3 Å². The molecule has 0 bridgehead atoms. The van der Waals surface area contributed by atoms with E-state index >= 15 is 0 Å². The van der Waals surface area contributed by atoms with Crippen LogP contribution in [0.5, 0.6) is 0 Å². The number of nitrogens with zero attached hydrogens (tertiary/aromatic N) is 1. The normalized spacial score (nSPS) is 12.2. The molecule has 1 aromatic rings. The zero-order valence-corrected chi connectivity index (χ0v) is 11.2. The molecular formula is C11H18N2O3S. The van der Waals surface area contributed by atoms with Gasteiger partial charge in [0.25, 0.3) is 0 Å². The van der Waals surface area contributed by atoms with Crippen molar-refractivity contribution in [2.75, 3.05) is 25.6 Å². The van der Waals surface area contributed by atoms with Crippen molar-refractivity contribution in [2.45, 2.75) is 26.3 Å². The lowest BCUT2D eigenvalue weighted by Gasteiger charge is -2.16. The third-order valence-corrected chi connectivity index (χ3v) is 2.99. The first kappa shape index (κ1) is 13.9. The molecule has 0 amide bonds. The Morgan fingerprint density at radius 3 is 2.94 bits per heavy atom. The maximum absolute atomic E-state index is 11.6. The van der Waals surface area contributed by atoms with Crippen LogP contribution in [-0.2, 0) is 9.47 Å². The number of hydrogen-bond acceptors (Lipinski definition) is 6. The van der Waals surface area contributed by atoms with Crippen LogP contribution < -0.4 is 5.32 Å². The summed E-state index contributed by atoms with van der Waals surface area (Å²) in [5.41, 5.74) is 1.99. The van der Waals surface area contributed by atoms with Gasteiger partial charge < -0.3 is 14.8 Å². The van der Waals surface area contributed by atoms with Gasteiger partial charge in [-0.2, -0.15) is 0 Å². The largest absolute Gasteiger partial charge is 0.461 e. The Morgan fingerprint density at radius 2 is 2.35 bits per heavy atom. The number of thiazole rings is 1. The van der Waals surface area contributed by atoms with Gasteiger partial charge in [-0.25, -0.2) is 9.78 Å². The fraction of sp³-hybridized carbons (Fsp3) is 0.636. The maximum Gasteiger partial charge on any atom is 0.360 e. The molecule has 0 saturated heterocycles. The monoisotopic (exact) mass is 258 g/mol. The molecule has 0 radical (unpaired) electrons. The first-order valence-corrected chi connectivity index (χ1v) is 6.46. The highest BCUT2D eigenvalue weighted by molar-refractivity contribution is 7.14. The number of carbonyl (C=O) groups excluding carboxylic acids is 1. The van der Waals surface area contributed by atoms with Crippen LogP contribution in [-0.4, -0.2) is 37.3 Å². The van der Waals surface area contributed by atoms with Crippen molar-refractivity contribution >= 4 is 22.3 Å². The van der Waals surface area contributed by atoms with Crippen molar-refractivity contribution in [3.63, 3.8) is 0 Å². The van der Waals surface area contributed by atoms with E-state index in [9.17, 15) is 4.79 Å². The summed E-state index contributed by atoms with van der Waals surface area (Å²) in [6.45, 7) is 4.78. The topological polar surface area (TPSA) is 60.5 Å². The Kier molecular flexibility index (Phi) is 5.93. The summed E-state index contributed by atoms with van der Waals surface area (Å²) in [6.07, 6.45) is 0.911. The molecule has 1 atom stereocenters. The molecule has 17 heavy (non-hydrogen) atoms. The van der Waals surface area contributed by atoms with E-state index in [2.05, 4.69) is 17.2 Å². The number of rotatable bonds is 7. The predicted octanol–water partition coefficient (Wildman–Crippen LogP) is 2.16. The highest BCUT2D eigenvalue weighted by Gasteiger charge is 2.18. The Balaban J connectivity index is 2.70. The van der Waals surface area contributed by atoms with E-state index in [1.807, 2.05) is 0 Å². The smallest absolute Gasteiger partial charge is 0.360 e. The number of hydrogen-bond donors (Lipinski definition) is 1. The van der Waals surface area contributed by atoms with E-state index in [-0.39, 0.29) is 12.0 Å². The molecule has 1 N–H and O–H groups in total. The summed E-state index contributed by atoms with van der Waals surface area (Å²) in [5, 5.41) is 3.99. The summed E-state index contributed by atoms with van der Waals surface area (Å²) in [5.74, 6) is -0.386. The molecule has 0 aliphatic rings. The number of ether oxygens (including phenoxy) is 2. The summed E-state index contributed by atoms with van der Waals surface area (Å²) < 4.78 is 10.0. The van der Waals surface area contributed by atoms with Gasteiger partial charge in [0, 0.05) is 7.11 Å². The van der Waals surface area contributed by atoms with E-state index in [1.54, 1.807) is 19.5 Å². The van der Waals surface area contributed by atoms with Gasteiger partial charge in [-0.15, -0.1) is 11.3 Å². The highest BCUT2D eigenvalue weighted by Crippen LogP contribution is 2.22. The van der Waals surface area contributed by atoms with Crippen LogP contribution in [0.2, 0.25) is 0 Å². The fourth-order valence-electron chi connectivity index (χ4n) is 1.34. The Labute approximate surface area is 105 Å². The van der Waals surface area contributed by atoms with Gasteiger partial charge >= 0.3 is 5.97 Å². The van der Waals surface area contributed by atoms with E-state index in [4.69, 9.17) is 9.47 Å². The van der Waals surface area contributed by atoms with Gasteiger partial charge in [-0.05, 0) is 13.3 Å². The molecule has 1 unspecified atom stereocenters. The first-order valence-electron chi connectivity index (χ1n) is 5.58. The second-order valence-electron chi connectivity index (χ2n) is 3.46. The van der Waals surface area contributed by atoms with Crippen LogP contribution in [0.15, 0.2) is 5.51 Å². The van der Waals surface area contributed by atoms with Crippen LogP contribution >= 0.6 is 11.3 Å². The maximum atomic E-state index is 11.6. The summed E-state index contributed by atoms with van der Waals surface area (Å²) in [6, 6.07) is 0.175. The van der Waals surface area contributed by atoms with E-state index < -0.39 is 0 Å². The molecule has 0 spiro atoms. The minimum absolute atomic E-state index is 0.175. The van der Waals surface area contributed by atoms with Crippen LogP contribution in [0.1, 0.15) is 30.8 Å². The molecule has 5 nitrogen and oxygen atoms in total. The zero-order valence-electron chi connectivity index (χ0n) is 10.4. The van der Waals surface area contributed by atoms with Crippen molar-refractivity contribution in [2.24, 2.45) is 0 Å². The Bertz CT molecular complexity index is 354. The number of anilines is 1. The first-order chi connectivity index (χ1) is 8.22. The van der Waals surface area contributed by atoms with Crippen LogP contribution in [0.3, 0.4) is 0 Å². The van der Waals surface area contributed by atoms with Gasteiger partial charge in [0.2, 0.25) is 0 Å². The van der Waals surface area contributed by atoms with Crippen LogP contribution in [0.25, 0.3) is 0 Å². The zero-order chi connectivity index (χ0) is 12.7. The quantitative estimate of drug-likeness (QED) is 0.759. The van der Waals surface area contributed by atoms with Gasteiger partial charge in [0.05, 0.1) is 24.8 Å². The van der Waals surface area contributed by atoms with E-state index in [0.717, 1.165) is 11.4 Å². The second-order valence-corrected chi connectivity index (χ2v) is 4.31. The number of nitrogens with one attached hydrogen (secondary N) is 1. The molecule has 1 rings (SSSR count). The lowest BCUT2D eigenvalue weighted by Crippen LogP contribution is -2.24. The SMILES string of the molecule is CCOC(=O)c1ncsc1NC(CC)COC. The van der Waals surface area contributed by atoms with Crippen LogP contribution in [0.4, 0.5) is 5.00 Å². The molecule has 0 aliphatic heterocycles. The minimum atomic E-state index is -0.386. The summed E-state index contributed by atoms with van der Waals surface area (Å²) in [4.78, 5) is 15.6. The summed E-state index contributed by atoms with van der Waals surface area (Å²) >= 11 is 1.39. The van der Waals surface area contributed by atoms with Gasteiger partial charge in [0.1, 0.15) is 5.00 Å². The van der Waals surface area contributed by atoms with Crippen molar-refractivity contribution < 1.29 is 14.3 Å². The Morgan fingerprint density at radius 1 is 1.59 bits per heavy atom. The molecule has 6 heteroatoms. The van der Waals surface area contributed by atoms with Crippen molar-refractivity contribution in [1.29, 1.82) is 0 Å². The average molecular weight is 258 g/mol. The van der Waals surface area contributed by atoms with Crippen molar-refractivity contribution in [3.05, 3.63) is 11.2 Å². The molecule has 1 heterocycles. The number of carbonyl (C=O) groups is 1. The third-order valence-electron chi connectivity index (χ3n) is 2.23. The fourth-order valence-corrected chi connectivity index (χ4v) is 2.09. The lowest BCUT2D eigenvalue weighted by atomic mass is 10.2. The molecule has 0 aliphatic carbocycles. The number of aromatic nitrogens is 1. The van der Waals surface area contributed by atoms with Gasteiger partial charge in [0.15, 0.2) is 5.69 Å². The number of methoxy groups -OCH3 is 1. The second kappa shape index (κ2) is 7.24. The minimum Gasteiger partial charge on any atom is -0.461 e. The molecule has 0 fully saturated rings. The molecular weight excluding hydrogens is 240 g/mol. The molecule has 0 saturated carbocycles. The van der Waals surface area contributed by atoms with Gasteiger partial charge in [-0.1, -0.05) is 6.92 Å². The van der Waals surface area contributed by atoms with E-state index in [0.29, 0.717) is 18.9 Å². The van der Waals surface area contributed by atoms with Crippen molar-refractivity contribution in [1.82, 2.24) is 4.98 Å². The van der Waals surface area contributed by atoms with Crippen molar-refractivity contribution in [3.8, 4) is 0 Å². The highest BCUT2D eigenvalue weighted by atomic mass is 32.1.